The largest absolute Gasteiger partial charge is 0.756 e. The molecule has 0 saturated heterocycles. The number of unbranched alkanes of at least 4 members (excludes halogenated alkanes) is 46. The fourth-order valence-electron chi connectivity index (χ4n) is 10.1. The van der Waals surface area contributed by atoms with Crippen LogP contribution in [0.4, 0.5) is 0 Å². The van der Waals surface area contributed by atoms with E-state index < -0.39 is 20.0 Å². The van der Waals surface area contributed by atoms with Crippen LogP contribution in [-0.4, -0.2) is 68.5 Å². The Hall–Kier alpha value is -1.02. The van der Waals surface area contributed by atoms with Crippen LogP contribution in [0, 0.1) is 0 Å². The Bertz CT molecular complexity index is 1260. The lowest BCUT2D eigenvalue weighted by Gasteiger charge is -2.29. The number of nitrogens with zero attached hydrogens (tertiary/aromatic N) is 1. The van der Waals surface area contributed by atoms with Crippen molar-refractivity contribution >= 4 is 13.7 Å². The fourth-order valence-corrected chi connectivity index (χ4v) is 10.8. The summed E-state index contributed by atoms with van der Waals surface area (Å²) in [5, 5.41) is 13.9. The lowest BCUT2D eigenvalue weighted by Crippen LogP contribution is -2.45. The van der Waals surface area contributed by atoms with E-state index in [1.807, 2.05) is 27.2 Å². The molecule has 0 fully saturated rings. The van der Waals surface area contributed by atoms with Gasteiger partial charge in [0, 0.05) is 6.42 Å². The molecular weight excluding hydrogens is 936 g/mol. The topological polar surface area (TPSA) is 108 Å². The van der Waals surface area contributed by atoms with Gasteiger partial charge >= 0.3 is 0 Å². The quantitative estimate of drug-likeness (QED) is 0.0272. The molecule has 9 heteroatoms. The van der Waals surface area contributed by atoms with Crippen molar-refractivity contribution in [3.8, 4) is 0 Å². The number of aliphatic hydroxyl groups is 1. The summed E-state index contributed by atoms with van der Waals surface area (Å²) in [5.74, 6) is -0.199. The van der Waals surface area contributed by atoms with Crippen LogP contribution in [0.1, 0.15) is 335 Å². The van der Waals surface area contributed by atoms with Gasteiger partial charge in [0.2, 0.25) is 5.91 Å². The summed E-state index contributed by atoms with van der Waals surface area (Å²) in [6, 6.07) is -0.901. The number of phosphoric ester groups is 1. The van der Waals surface area contributed by atoms with Gasteiger partial charge < -0.3 is 28.8 Å². The van der Waals surface area contributed by atoms with E-state index in [-0.39, 0.29) is 19.1 Å². The van der Waals surface area contributed by atoms with Crippen molar-refractivity contribution in [2.24, 2.45) is 0 Å². The molecule has 0 spiro atoms. The Kier molecular flexibility index (Phi) is 55.9. The number of likely N-dealkylation sites (N-methyl/N-ethyl adjacent to an activating group) is 1. The monoisotopic (exact) mass is 1060 g/mol. The van der Waals surface area contributed by atoms with Gasteiger partial charge in [-0.15, -0.1) is 0 Å². The predicted octanol–water partition coefficient (Wildman–Crippen LogP) is 19.7. The van der Waals surface area contributed by atoms with Gasteiger partial charge in [0.15, 0.2) is 0 Å². The lowest BCUT2D eigenvalue weighted by molar-refractivity contribution is -0.870. The van der Waals surface area contributed by atoms with Crippen molar-refractivity contribution in [1.82, 2.24) is 5.32 Å². The van der Waals surface area contributed by atoms with Crippen LogP contribution in [-0.2, 0) is 18.4 Å². The van der Waals surface area contributed by atoms with Crippen molar-refractivity contribution in [2.75, 3.05) is 40.9 Å². The van der Waals surface area contributed by atoms with E-state index in [1.165, 1.54) is 276 Å². The second-order valence-corrected chi connectivity index (χ2v) is 25.2. The fraction of sp³-hybridized carbons (Fsp3) is 0.923. The maximum Gasteiger partial charge on any atom is 0.268 e. The van der Waals surface area contributed by atoms with E-state index in [1.54, 1.807) is 6.08 Å². The SMILES string of the molecule is CCCCCCCCCCCCCCCCCCCCCCCC/C=C/CC/C=C/C(O)C(COP(=O)([O-])OCC[N+](C)(C)C)NC(=O)CCCCCCCCCCCCCCCCCCCCCCCCCC. The average Bonchev–Trinajstić information content (AvgIpc) is 3.36. The molecule has 0 bridgehead atoms. The standard InChI is InChI=1S/C65H129N2O6P/c1-6-8-10-12-14-16-18-20-22-24-26-28-30-32-33-34-35-36-38-40-42-44-46-48-50-52-54-56-58-64(68)63(62-73-74(70,71)72-61-60-67(3,4)5)66-65(69)59-57-55-53-51-49-47-45-43-41-39-37-31-29-27-25-23-21-19-17-15-13-11-9-7-2/h48,50,56,58,63-64,68H,6-47,49,51-55,57,59-62H2,1-5H3,(H-,66,69,70,71)/b50-48+,58-56+. The van der Waals surface area contributed by atoms with E-state index in [2.05, 4.69) is 31.3 Å². The van der Waals surface area contributed by atoms with Gasteiger partial charge in [0.05, 0.1) is 39.9 Å². The molecule has 0 aromatic rings. The molecule has 0 heterocycles. The number of amides is 1. The molecule has 0 radical (unpaired) electrons. The van der Waals surface area contributed by atoms with Gasteiger partial charge in [-0.1, -0.05) is 321 Å². The molecule has 0 aromatic heterocycles. The zero-order chi connectivity index (χ0) is 54.2. The molecule has 8 nitrogen and oxygen atoms in total. The van der Waals surface area contributed by atoms with Crippen molar-refractivity contribution < 1.29 is 32.9 Å². The van der Waals surface area contributed by atoms with Crippen LogP contribution < -0.4 is 10.2 Å². The zero-order valence-electron chi connectivity index (χ0n) is 50.3. The highest BCUT2D eigenvalue weighted by atomic mass is 31.2. The summed E-state index contributed by atoms with van der Waals surface area (Å²) < 4.78 is 23.4. The van der Waals surface area contributed by atoms with E-state index in [0.29, 0.717) is 17.4 Å². The summed E-state index contributed by atoms with van der Waals surface area (Å²) in [4.78, 5) is 25.6. The Morgan fingerprint density at radius 2 is 0.757 bits per heavy atom. The number of hydrogen-bond acceptors (Lipinski definition) is 6. The highest BCUT2D eigenvalue weighted by molar-refractivity contribution is 7.45. The highest BCUT2D eigenvalue weighted by Crippen LogP contribution is 2.38. The molecule has 3 unspecified atom stereocenters. The van der Waals surface area contributed by atoms with E-state index in [9.17, 15) is 19.4 Å². The summed E-state index contributed by atoms with van der Waals surface area (Å²) in [6.45, 7) is 4.69. The van der Waals surface area contributed by atoms with Crippen molar-refractivity contribution in [3.05, 3.63) is 24.3 Å². The molecule has 0 aliphatic rings. The highest BCUT2D eigenvalue weighted by Gasteiger charge is 2.23. The van der Waals surface area contributed by atoms with Gasteiger partial charge in [-0.25, -0.2) is 0 Å². The van der Waals surface area contributed by atoms with Crippen LogP contribution in [0.5, 0.6) is 0 Å². The average molecular weight is 1070 g/mol. The number of nitrogens with one attached hydrogen (secondary N) is 1. The maximum absolute atomic E-state index is 13.0. The third-order valence-corrected chi connectivity index (χ3v) is 16.1. The van der Waals surface area contributed by atoms with Gasteiger partial charge in [-0.05, 0) is 32.1 Å². The van der Waals surface area contributed by atoms with Crippen molar-refractivity contribution in [2.45, 2.75) is 347 Å². The molecule has 2 N–H and O–H groups in total. The predicted molar refractivity (Wildman–Crippen MR) is 321 cm³/mol. The number of carbonyl (C=O) groups is 1. The Morgan fingerprint density at radius 3 is 1.09 bits per heavy atom. The summed E-state index contributed by atoms with van der Waals surface area (Å²) in [7, 11) is 1.26. The molecular formula is C65H129N2O6P. The molecule has 0 rings (SSSR count). The van der Waals surface area contributed by atoms with Crippen LogP contribution in [0.3, 0.4) is 0 Å². The summed E-state index contributed by atoms with van der Waals surface area (Å²) >= 11 is 0. The number of allylic oxidation sites excluding steroid dienone is 3. The number of carbonyl (C=O) groups excluding carboxylic acids is 1. The first-order chi connectivity index (χ1) is 36.0. The zero-order valence-corrected chi connectivity index (χ0v) is 51.2. The molecule has 1 amide bonds. The first-order valence-electron chi connectivity index (χ1n) is 32.7. The van der Waals surface area contributed by atoms with E-state index >= 15 is 0 Å². The third kappa shape index (κ3) is 58.7. The van der Waals surface area contributed by atoms with E-state index in [4.69, 9.17) is 9.05 Å². The first-order valence-corrected chi connectivity index (χ1v) is 34.2. The van der Waals surface area contributed by atoms with Gasteiger partial charge in [-0.2, -0.15) is 0 Å². The Labute approximate surface area is 462 Å². The van der Waals surface area contributed by atoms with Crippen LogP contribution >= 0.6 is 7.82 Å². The van der Waals surface area contributed by atoms with Crippen molar-refractivity contribution in [3.63, 3.8) is 0 Å². The van der Waals surface area contributed by atoms with Gasteiger partial charge in [0.25, 0.3) is 7.82 Å². The number of quaternary nitrogens is 1. The molecule has 440 valence electrons. The molecule has 0 aromatic carbocycles. The third-order valence-electron chi connectivity index (χ3n) is 15.2. The minimum atomic E-state index is -4.61. The number of hydrogen-bond donors (Lipinski definition) is 2. The first kappa shape index (κ1) is 73.0. The molecule has 0 saturated carbocycles. The molecule has 74 heavy (non-hydrogen) atoms. The lowest BCUT2D eigenvalue weighted by atomic mass is 10.0. The molecule has 0 aliphatic carbocycles. The molecule has 0 aliphatic heterocycles. The summed E-state index contributed by atoms with van der Waals surface area (Å²) in [6.07, 6.45) is 72.9. The minimum absolute atomic E-state index is 0.00350. The molecule has 3 atom stereocenters. The minimum Gasteiger partial charge on any atom is -0.756 e. The van der Waals surface area contributed by atoms with Crippen LogP contribution in [0.15, 0.2) is 24.3 Å². The van der Waals surface area contributed by atoms with Gasteiger partial charge in [-0.3, -0.25) is 9.36 Å². The maximum atomic E-state index is 13.0. The van der Waals surface area contributed by atoms with Gasteiger partial charge in [0.1, 0.15) is 13.2 Å². The van der Waals surface area contributed by atoms with Crippen LogP contribution in [0.25, 0.3) is 0 Å². The Balaban J connectivity index is 4.13. The summed E-state index contributed by atoms with van der Waals surface area (Å²) in [5.41, 5.74) is 0. The normalized spacial score (nSPS) is 13.9. The smallest absolute Gasteiger partial charge is 0.268 e. The Morgan fingerprint density at radius 1 is 0.459 bits per heavy atom. The second kappa shape index (κ2) is 56.7. The number of rotatable bonds is 61. The van der Waals surface area contributed by atoms with E-state index in [0.717, 1.165) is 38.5 Å². The van der Waals surface area contributed by atoms with Crippen molar-refractivity contribution in [1.29, 1.82) is 0 Å². The second-order valence-electron chi connectivity index (χ2n) is 23.8. The van der Waals surface area contributed by atoms with Crippen LogP contribution in [0.2, 0.25) is 0 Å². The number of aliphatic hydroxyl groups excluding tert-OH is 1. The number of phosphoric acid groups is 1.